The molecule has 1 aromatic rings. The van der Waals surface area contributed by atoms with Crippen LogP contribution in [0.4, 0.5) is 8.78 Å². The second-order valence-corrected chi connectivity index (χ2v) is 2.61. The van der Waals surface area contributed by atoms with Gasteiger partial charge in [0.05, 0.1) is 7.11 Å². The minimum Gasteiger partial charge on any atom is -0.497 e. The van der Waals surface area contributed by atoms with Crippen molar-refractivity contribution in [3.63, 3.8) is 0 Å². The number of hydrogen-bond acceptors (Lipinski definition) is 2. The fourth-order valence-electron chi connectivity index (χ4n) is 0.942. The standard InChI is InChI=1S/C9H8F2O3/c1-14-7-4-2-3-6(5-7)9(10,11)8(12)13/h2-5H,1H3,(H,12,13). The number of hydrogen-bond donors (Lipinski definition) is 1. The quantitative estimate of drug-likeness (QED) is 0.813. The van der Waals surface area contributed by atoms with Crippen molar-refractivity contribution in [1.29, 1.82) is 0 Å². The molecule has 0 radical (unpaired) electrons. The summed E-state index contributed by atoms with van der Waals surface area (Å²) < 4.78 is 30.6. The van der Waals surface area contributed by atoms with Crippen molar-refractivity contribution in [2.24, 2.45) is 0 Å². The molecule has 1 N–H and O–H groups in total. The second-order valence-electron chi connectivity index (χ2n) is 2.61. The molecular formula is C9H8F2O3. The van der Waals surface area contributed by atoms with E-state index in [9.17, 15) is 13.6 Å². The Hall–Kier alpha value is -1.65. The van der Waals surface area contributed by atoms with Gasteiger partial charge in [0.15, 0.2) is 0 Å². The van der Waals surface area contributed by atoms with Gasteiger partial charge in [0.1, 0.15) is 5.75 Å². The summed E-state index contributed by atoms with van der Waals surface area (Å²) in [7, 11) is 1.32. The van der Waals surface area contributed by atoms with Gasteiger partial charge in [-0.2, -0.15) is 8.78 Å². The zero-order valence-corrected chi connectivity index (χ0v) is 7.33. The number of alkyl halides is 2. The summed E-state index contributed by atoms with van der Waals surface area (Å²) in [6.07, 6.45) is 0. The second kappa shape index (κ2) is 3.61. The van der Waals surface area contributed by atoms with Crippen molar-refractivity contribution in [1.82, 2.24) is 0 Å². The Bertz CT molecular complexity index is 350. The van der Waals surface area contributed by atoms with Gasteiger partial charge in [-0.1, -0.05) is 12.1 Å². The number of carboxylic acid groups (broad SMARTS) is 1. The molecule has 14 heavy (non-hydrogen) atoms. The van der Waals surface area contributed by atoms with Crippen LogP contribution < -0.4 is 4.74 Å². The first-order valence-corrected chi connectivity index (χ1v) is 3.74. The fraction of sp³-hybridized carbons (Fsp3) is 0.222. The highest BCUT2D eigenvalue weighted by Crippen LogP contribution is 2.30. The monoisotopic (exact) mass is 202 g/mol. The number of carboxylic acids is 1. The van der Waals surface area contributed by atoms with Crippen molar-refractivity contribution < 1.29 is 23.4 Å². The highest BCUT2D eigenvalue weighted by Gasteiger charge is 2.41. The molecule has 0 bridgehead atoms. The molecule has 1 aromatic carbocycles. The first kappa shape index (κ1) is 10.4. The van der Waals surface area contributed by atoms with E-state index in [1.54, 1.807) is 0 Å². The van der Waals surface area contributed by atoms with E-state index in [4.69, 9.17) is 9.84 Å². The molecular weight excluding hydrogens is 194 g/mol. The zero-order chi connectivity index (χ0) is 10.8. The van der Waals surface area contributed by atoms with Gasteiger partial charge in [-0.3, -0.25) is 0 Å². The predicted molar refractivity (Wildman–Crippen MR) is 44.5 cm³/mol. The summed E-state index contributed by atoms with van der Waals surface area (Å²) in [4.78, 5) is 10.2. The number of methoxy groups -OCH3 is 1. The predicted octanol–water partition coefficient (Wildman–Crippen LogP) is 1.87. The normalized spacial score (nSPS) is 11.1. The SMILES string of the molecule is COc1cccc(C(F)(F)C(=O)O)c1. The molecule has 76 valence electrons. The van der Waals surface area contributed by atoms with Crippen LogP contribution in [-0.2, 0) is 10.7 Å². The highest BCUT2D eigenvalue weighted by molar-refractivity contribution is 5.77. The lowest BCUT2D eigenvalue weighted by Gasteiger charge is -2.11. The van der Waals surface area contributed by atoms with Crippen molar-refractivity contribution in [3.8, 4) is 5.75 Å². The Morgan fingerprint density at radius 1 is 1.50 bits per heavy atom. The first-order chi connectivity index (χ1) is 6.48. The molecule has 3 nitrogen and oxygen atoms in total. The lowest BCUT2D eigenvalue weighted by atomic mass is 10.1. The van der Waals surface area contributed by atoms with Crippen LogP contribution in [0.15, 0.2) is 24.3 Å². The molecule has 0 aromatic heterocycles. The Balaban J connectivity index is 3.12. The molecule has 0 saturated heterocycles. The maximum Gasteiger partial charge on any atom is 0.379 e. The van der Waals surface area contributed by atoms with Gasteiger partial charge in [-0.15, -0.1) is 0 Å². The third-order valence-corrected chi connectivity index (χ3v) is 1.70. The van der Waals surface area contributed by atoms with Crippen molar-refractivity contribution in [2.45, 2.75) is 5.92 Å². The van der Waals surface area contributed by atoms with Crippen molar-refractivity contribution >= 4 is 5.97 Å². The smallest absolute Gasteiger partial charge is 0.379 e. The molecule has 0 fully saturated rings. The summed E-state index contributed by atoms with van der Waals surface area (Å²) >= 11 is 0. The molecule has 0 spiro atoms. The lowest BCUT2D eigenvalue weighted by molar-refractivity contribution is -0.166. The first-order valence-electron chi connectivity index (χ1n) is 3.74. The molecule has 0 unspecified atom stereocenters. The number of ether oxygens (including phenoxy) is 1. The van der Waals surface area contributed by atoms with Gasteiger partial charge in [-0.25, -0.2) is 4.79 Å². The topological polar surface area (TPSA) is 46.5 Å². The van der Waals surface area contributed by atoms with E-state index >= 15 is 0 Å². The zero-order valence-electron chi connectivity index (χ0n) is 7.33. The third kappa shape index (κ3) is 1.81. The number of carbonyl (C=O) groups is 1. The van der Waals surface area contributed by atoms with E-state index in [1.807, 2.05) is 0 Å². The van der Waals surface area contributed by atoms with Crippen LogP contribution in [0.25, 0.3) is 0 Å². The number of rotatable bonds is 3. The minimum absolute atomic E-state index is 0.198. The fourth-order valence-corrected chi connectivity index (χ4v) is 0.942. The molecule has 0 aliphatic rings. The molecule has 0 saturated carbocycles. The maximum atomic E-state index is 12.9. The van der Waals surface area contributed by atoms with E-state index in [2.05, 4.69) is 0 Å². The van der Waals surface area contributed by atoms with E-state index in [0.29, 0.717) is 0 Å². The molecule has 5 heteroatoms. The van der Waals surface area contributed by atoms with Crippen molar-refractivity contribution in [3.05, 3.63) is 29.8 Å². The summed E-state index contributed by atoms with van der Waals surface area (Å²) in [5, 5.41) is 8.27. The Morgan fingerprint density at radius 3 is 2.64 bits per heavy atom. The van der Waals surface area contributed by atoms with E-state index in [0.717, 1.165) is 12.1 Å². The van der Waals surface area contributed by atoms with Gasteiger partial charge in [0.2, 0.25) is 0 Å². The number of benzene rings is 1. The minimum atomic E-state index is -3.88. The Labute approximate surface area is 78.9 Å². The van der Waals surface area contributed by atoms with E-state index < -0.39 is 17.5 Å². The summed E-state index contributed by atoms with van der Waals surface area (Å²) in [6, 6.07) is 4.80. The molecule has 0 aliphatic carbocycles. The summed E-state index contributed by atoms with van der Waals surface area (Å²) in [5.41, 5.74) is -0.593. The average Bonchev–Trinajstić information content (AvgIpc) is 2.17. The van der Waals surface area contributed by atoms with Gasteiger partial charge in [0, 0.05) is 5.56 Å². The molecule has 0 aliphatic heterocycles. The van der Waals surface area contributed by atoms with Crippen LogP contribution in [0.3, 0.4) is 0 Å². The molecule has 0 amide bonds. The summed E-state index contributed by atoms with van der Waals surface area (Å²) in [6.45, 7) is 0. The Kier molecular flexibility index (Phi) is 2.69. The largest absolute Gasteiger partial charge is 0.497 e. The van der Waals surface area contributed by atoms with Gasteiger partial charge in [0.25, 0.3) is 0 Å². The molecule has 0 heterocycles. The van der Waals surface area contributed by atoms with Crippen molar-refractivity contribution in [2.75, 3.05) is 7.11 Å². The highest BCUT2D eigenvalue weighted by atomic mass is 19.3. The average molecular weight is 202 g/mol. The summed E-state index contributed by atoms with van der Waals surface area (Å²) in [5.74, 6) is -5.86. The Morgan fingerprint density at radius 2 is 2.14 bits per heavy atom. The third-order valence-electron chi connectivity index (χ3n) is 1.70. The van der Waals surface area contributed by atoms with Crippen LogP contribution in [-0.4, -0.2) is 18.2 Å². The van der Waals surface area contributed by atoms with E-state index in [1.165, 1.54) is 19.2 Å². The van der Waals surface area contributed by atoms with Crippen LogP contribution in [0.2, 0.25) is 0 Å². The van der Waals surface area contributed by atoms with Gasteiger partial charge >= 0.3 is 11.9 Å². The van der Waals surface area contributed by atoms with Crippen LogP contribution in [0, 0.1) is 0 Å². The number of halogens is 2. The van der Waals surface area contributed by atoms with Gasteiger partial charge in [-0.05, 0) is 12.1 Å². The van der Waals surface area contributed by atoms with E-state index in [-0.39, 0.29) is 5.75 Å². The number of aliphatic carboxylic acids is 1. The van der Waals surface area contributed by atoms with Crippen LogP contribution in [0.5, 0.6) is 5.75 Å². The molecule has 1 rings (SSSR count). The lowest BCUT2D eigenvalue weighted by Crippen LogP contribution is -2.25. The van der Waals surface area contributed by atoms with Crippen LogP contribution in [0.1, 0.15) is 5.56 Å². The van der Waals surface area contributed by atoms with Crippen LogP contribution >= 0.6 is 0 Å². The molecule has 0 atom stereocenters. The maximum absolute atomic E-state index is 12.9. The van der Waals surface area contributed by atoms with Gasteiger partial charge < -0.3 is 9.84 Å².